The number of anilines is 1. The topological polar surface area (TPSA) is 55.1 Å². The molecular weight excluding hydrogens is 296 g/mol. The number of nitrogens with one attached hydrogen (secondary N) is 1. The molecule has 0 atom stereocenters. The minimum Gasteiger partial charge on any atom is -0.359 e. The highest BCUT2D eigenvalue weighted by Gasteiger charge is 2.20. The lowest BCUT2D eigenvalue weighted by Crippen LogP contribution is -2.14. The van der Waals surface area contributed by atoms with E-state index in [-0.39, 0.29) is 11.3 Å². The zero-order chi connectivity index (χ0) is 16.2. The Bertz CT molecular complexity index is 644. The average Bonchev–Trinajstić information content (AvgIpc) is 2.87. The zero-order valence-electron chi connectivity index (χ0n) is 13.5. The van der Waals surface area contributed by atoms with E-state index in [2.05, 4.69) is 35.6 Å². The van der Waals surface area contributed by atoms with E-state index in [9.17, 15) is 4.79 Å². The van der Waals surface area contributed by atoms with Crippen molar-refractivity contribution in [2.24, 2.45) is 0 Å². The fourth-order valence-corrected chi connectivity index (χ4v) is 2.70. The molecule has 4 nitrogen and oxygen atoms in total. The number of hydrogen-bond acceptors (Lipinski definition) is 4. The minimum atomic E-state index is -0.115. The molecule has 0 saturated heterocycles. The van der Waals surface area contributed by atoms with Crippen molar-refractivity contribution >= 4 is 23.5 Å². The monoisotopic (exact) mass is 318 g/mol. The fraction of sp³-hybridized carbons (Fsp3) is 0.412. The van der Waals surface area contributed by atoms with E-state index in [4.69, 9.17) is 4.52 Å². The van der Waals surface area contributed by atoms with Gasteiger partial charge in [-0.25, -0.2) is 0 Å². The van der Waals surface area contributed by atoms with Crippen LogP contribution in [0.3, 0.4) is 0 Å². The fourth-order valence-electron chi connectivity index (χ4n) is 1.93. The molecular formula is C17H22N2O2S. The standard InChI is InChI=1S/C17H22N2O2S/c1-12-6-5-7-13(8-12)10-22-11-16(20)18-15-9-14(21-19-15)17(2,3)4/h5-9H,10-11H2,1-4H3,(H,18,19,20). The van der Waals surface area contributed by atoms with Crippen LogP contribution >= 0.6 is 11.8 Å². The summed E-state index contributed by atoms with van der Waals surface area (Å²) in [4.78, 5) is 11.9. The lowest BCUT2D eigenvalue weighted by Gasteiger charge is -2.12. The number of benzene rings is 1. The summed E-state index contributed by atoms with van der Waals surface area (Å²) in [5.41, 5.74) is 2.35. The van der Waals surface area contributed by atoms with Gasteiger partial charge in [-0.1, -0.05) is 55.8 Å². The second-order valence-corrected chi connectivity index (χ2v) is 7.34. The quantitative estimate of drug-likeness (QED) is 0.899. The number of amides is 1. The minimum absolute atomic E-state index is 0.0635. The van der Waals surface area contributed by atoms with E-state index >= 15 is 0 Å². The van der Waals surface area contributed by atoms with Crippen LogP contribution in [-0.4, -0.2) is 16.8 Å². The molecule has 0 bridgehead atoms. The van der Waals surface area contributed by atoms with Gasteiger partial charge in [-0.2, -0.15) is 0 Å². The van der Waals surface area contributed by atoms with Crippen molar-refractivity contribution in [1.29, 1.82) is 0 Å². The summed E-state index contributed by atoms with van der Waals surface area (Å²) < 4.78 is 5.25. The van der Waals surface area contributed by atoms with E-state index in [1.165, 1.54) is 11.1 Å². The van der Waals surface area contributed by atoms with Crippen molar-refractivity contribution in [2.75, 3.05) is 11.1 Å². The molecule has 1 aromatic heterocycles. The predicted octanol–water partition coefficient (Wildman–Crippen LogP) is 4.15. The summed E-state index contributed by atoms with van der Waals surface area (Å²) in [6, 6.07) is 10.1. The van der Waals surface area contributed by atoms with Crippen molar-refractivity contribution in [3.05, 3.63) is 47.2 Å². The van der Waals surface area contributed by atoms with Gasteiger partial charge in [0.05, 0.1) is 5.75 Å². The SMILES string of the molecule is Cc1cccc(CSCC(=O)Nc2cc(C(C)(C)C)on2)c1. The molecule has 1 aromatic carbocycles. The second kappa shape index (κ2) is 7.01. The molecule has 0 fully saturated rings. The maximum atomic E-state index is 11.9. The molecule has 22 heavy (non-hydrogen) atoms. The molecule has 118 valence electrons. The van der Waals surface area contributed by atoms with Gasteiger partial charge in [-0.3, -0.25) is 4.79 Å². The molecule has 1 amide bonds. The normalized spacial score (nSPS) is 11.5. The van der Waals surface area contributed by atoms with Gasteiger partial charge in [0.25, 0.3) is 0 Å². The molecule has 0 unspecified atom stereocenters. The van der Waals surface area contributed by atoms with Crippen LogP contribution in [0.4, 0.5) is 5.82 Å². The number of aromatic nitrogens is 1. The first-order valence-electron chi connectivity index (χ1n) is 7.25. The Labute approximate surface area is 135 Å². The molecule has 2 aromatic rings. The Hall–Kier alpha value is -1.75. The van der Waals surface area contributed by atoms with Gasteiger partial charge in [-0.15, -0.1) is 11.8 Å². The maximum absolute atomic E-state index is 11.9. The first-order valence-corrected chi connectivity index (χ1v) is 8.40. The van der Waals surface area contributed by atoms with E-state index in [0.717, 1.165) is 11.5 Å². The molecule has 2 rings (SSSR count). The lowest BCUT2D eigenvalue weighted by molar-refractivity contribution is -0.113. The van der Waals surface area contributed by atoms with Gasteiger partial charge in [0.15, 0.2) is 5.82 Å². The summed E-state index contributed by atoms with van der Waals surface area (Å²) in [7, 11) is 0. The van der Waals surface area contributed by atoms with Crippen molar-refractivity contribution < 1.29 is 9.32 Å². The third-order valence-electron chi connectivity index (χ3n) is 3.10. The average molecular weight is 318 g/mol. The molecule has 1 heterocycles. The second-order valence-electron chi connectivity index (χ2n) is 6.36. The van der Waals surface area contributed by atoms with Crippen molar-refractivity contribution in [3.63, 3.8) is 0 Å². The van der Waals surface area contributed by atoms with Crippen LogP contribution in [0.2, 0.25) is 0 Å². The zero-order valence-corrected chi connectivity index (χ0v) is 14.3. The van der Waals surface area contributed by atoms with Crippen LogP contribution in [0.5, 0.6) is 0 Å². The molecule has 0 aliphatic rings. The number of rotatable bonds is 5. The van der Waals surface area contributed by atoms with E-state index < -0.39 is 0 Å². The van der Waals surface area contributed by atoms with Crippen LogP contribution in [-0.2, 0) is 16.0 Å². The Morgan fingerprint density at radius 2 is 2.09 bits per heavy atom. The van der Waals surface area contributed by atoms with Crippen LogP contribution < -0.4 is 5.32 Å². The van der Waals surface area contributed by atoms with Crippen molar-refractivity contribution in [2.45, 2.75) is 38.9 Å². The first-order chi connectivity index (χ1) is 10.3. The van der Waals surface area contributed by atoms with Gasteiger partial charge in [0.1, 0.15) is 5.76 Å². The summed E-state index contributed by atoms with van der Waals surface area (Å²) >= 11 is 1.58. The van der Waals surface area contributed by atoms with E-state index in [1.807, 2.05) is 26.8 Å². The van der Waals surface area contributed by atoms with Crippen LogP contribution in [0.1, 0.15) is 37.7 Å². The van der Waals surface area contributed by atoms with Gasteiger partial charge < -0.3 is 9.84 Å². The molecule has 0 spiro atoms. The highest BCUT2D eigenvalue weighted by molar-refractivity contribution is 7.99. The van der Waals surface area contributed by atoms with E-state index in [0.29, 0.717) is 11.6 Å². The highest BCUT2D eigenvalue weighted by Crippen LogP contribution is 2.24. The number of nitrogens with zero attached hydrogens (tertiary/aromatic N) is 1. The molecule has 0 radical (unpaired) electrons. The number of carbonyl (C=O) groups excluding carboxylic acids is 1. The third-order valence-corrected chi connectivity index (χ3v) is 4.10. The number of hydrogen-bond donors (Lipinski definition) is 1. The van der Waals surface area contributed by atoms with Crippen LogP contribution in [0.15, 0.2) is 34.9 Å². The number of thioether (sulfide) groups is 1. The first kappa shape index (κ1) is 16.6. The maximum Gasteiger partial charge on any atom is 0.235 e. The number of aryl methyl sites for hydroxylation is 1. The largest absolute Gasteiger partial charge is 0.359 e. The summed E-state index contributed by atoms with van der Waals surface area (Å²) in [6.45, 7) is 8.18. The molecule has 0 saturated carbocycles. The summed E-state index contributed by atoms with van der Waals surface area (Å²) in [5, 5.41) is 6.65. The van der Waals surface area contributed by atoms with Crippen LogP contribution in [0, 0.1) is 6.92 Å². The molecule has 1 N–H and O–H groups in total. The Balaban J connectivity index is 1.80. The van der Waals surface area contributed by atoms with Gasteiger partial charge in [0, 0.05) is 17.2 Å². The predicted molar refractivity (Wildman–Crippen MR) is 91.2 cm³/mol. The van der Waals surface area contributed by atoms with Crippen molar-refractivity contribution in [3.8, 4) is 0 Å². The van der Waals surface area contributed by atoms with E-state index in [1.54, 1.807) is 17.8 Å². The molecule has 0 aliphatic carbocycles. The lowest BCUT2D eigenvalue weighted by atomic mass is 9.93. The molecule has 5 heteroatoms. The summed E-state index contributed by atoms with van der Waals surface area (Å²) in [6.07, 6.45) is 0. The summed E-state index contributed by atoms with van der Waals surface area (Å²) in [5.74, 6) is 2.39. The Morgan fingerprint density at radius 1 is 1.32 bits per heavy atom. The van der Waals surface area contributed by atoms with Gasteiger partial charge >= 0.3 is 0 Å². The number of carbonyl (C=O) groups is 1. The molecule has 0 aliphatic heterocycles. The smallest absolute Gasteiger partial charge is 0.235 e. The Morgan fingerprint density at radius 3 is 2.73 bits per heavy atom. The van der Waals surface area contributed by atoms with Crippen LogP contribution in [0.25, 0.3) is 0 Å². The Kier molecular flexibility index (Phi) is 5.29. The van der Waals surface area contributed by atoms with Gasteiger partial charge in [-0.05, 0) is 12.5 Å². The van der Waals surface area contributed by atoms with Crippen molar-refractivity contribution in [1.82, 2.24) is 5.16 Å². The highest BCUT2D eigenvalue weighted by atomic mass is 32.2. The van der Waals surface area contributed by atoms with Gasteiger partial charge in [0.2, 0.25) is 5.91 Å². The third kappa shape index (κ3) is 4.91.